The summed E-state index contributed by atoms with van der Waals surface area (Å²) in [7, 11) is 0. The second kappa shape index (κ2) is 5.47. The zero-order valence-corrected chi connectivity index (χ0v) is 11.8. The molecule has 3 rings (SSSR count). The molecule has 2 aliphatic heterocycles. The number of aromatic nitrogens is 1. The third-order valence-electron chi connectivity index (χ3n) is 4.44. The summed E-state index contributed by atoms with van der Waals surface area (Å²) >= 11 is 0. The number of nitrogens with two attached hydrogens (primary N) is 1. The molecule has 0 radical (unpaired) electrons. The Hall–Kier alpha value is -1.13. The number of pyridine rings is 1. The summed E-state index contributed by atoms with van der Waals surface area (Å²) < 4.78 is 0. The summed E-state index contributed by atoms with van der Waals surface area (Å²) in [6, 6.07) is 4.97. The van der Waals surface area contributed by atoms with Crippen LogP contribution in [0.3, 0.4) is 0 Å². The molecule has 2 N–H and O–H groups in total. The first-order valence-corrected chi connectivity index (χ1v) is 7.44. The molecule has 2 fully saturated rings. The molecule has 4 heteroatoms. The molecule has 1 aromatic rings. The van der Waals surface area contributed by atoms with E-state index in [1.54, 1.807) is 0 Å². The van der Waals surface area contributed by atoms with Gasteiger partial charge >= 0.3 is 0 Å². The average molecular weight is 260 g/mol. The number of hydrogen-bond acceptors (Lipinski definition) is 4. The van der Waals surface area contributed by atoms with E-state index in [0.29, 0.717) is 0 Å². The minimum atomic E-state index is 0.0822. The molecule has 2 atom stereocenters. The van der Waals surface area contributed by atoms with Crippen molar-refractivity contribution in [3.63, 3.8) is 0 Å². The van der Waals surface area contributed by atoms with Gasteiger partial charge in [-0.25, -0.2) is 4.98 Å². The maximum atomic E-state index is 5.95. The summed E-state index contributed by atoms with van der Waals surface area (Å²) in [6.45, 7) is 6.83. The third kappa shape index (κ3) is 2.74. The minimum absolute atomic E-state index is 0.0822. The summed E-state index contributed by atoms with van der Waals surface area (Å²) in [5.74, 6) is 1.09. The molecule has 1 aromatic heterocycles. The molecular formula is C15H24N4. The fraction of sp³-hybridized carbons (Fsp3) is 0.667. The van der Waals surface area contributed by atoms with Gasteiger partial charge < -0.3 is 10.6 Å². The molecule has 19 heavy (non-hydrogen) atoms. The number of hydrogen-bond donors (Lipinski definition) is 1. The van der Waals surface area contributed by atoms with E-state index >= 15 is 0 Å². The highest BCUT2D eigenvalue weighted by Gasteiger charge is 2.29. The van der Waals surface area contributed by atoms with Crippen LogP contribution in [-0.4, -0.2) is 42.1 Å². The SMILES string of the molecule is C[C@@H](N)c1ccnc(N2CCC(N3CCCC3)C2)c1. The molecule has 0 saturated carbocycles. The van der Waals surface area contributed by atoms with Gasteiger partial charge in [0.2, 0.25) is 0 Å². The highest BCUT2D eigenvalue weighted by Crippen LogP contribution is 2.25. The smallest absolute Gasteiger partial charge is 0.128 e. The van der Waals surface area contributed by atoms with E-state index in [0.717, 1.165) is 24.9 Å². The maximum absolute atomic E-state index is 5.95. The molecule has 2 aliphatic rings. The first-order valence-electron chi connectivity index (χ1n) is 7.44. The second-order valence-corrected chi connectivity index (χ2v) is 5.87. The zero-order chi connectivity index (χ0) is 13.2. The van der Waals surface area contributed by atoms with Gasteiger partial charge in [-0.05, 0) is 57.0 Å². The van der Waals surface area contributed by atoms with Gasteiger partial charge in [-0.2, -0.15) is 0 Å². The largest absolute Gasteiger partial charge is 0.355 e. The Kier molecular flexibility index (Phi) is 3.71. The molecule has 0 bridgehead atoms. The molecule has 0 spiro atoms. The fourth-order valence-electron chi connectivity index (χ4n) is 3.25. The van der Waals surface area contributed by atoms with E-state index in [4.69, 9.17) is 5.73 Å². The van der Waals surface area contributed by atoms with E-state index in [1.165, 1.54) is 37.9 Å². The topological polar surface area (TPSA) is 45.4 Å². The maximum Gasteiger partial charge on any atom is 0.128 e. The van der Waals surface area contributed by atoms with Gasteiger partial charge in [-0.1, -0.05) is 0 Å². The van der Waals surface area contributed by atoms with Crippen LogP contribution in [0, 0.1) is 0 Å². The lowest BCUT2D eigenvalue weighted by atomic mass is 10.1. The summed E-state index contributed by atoms with van der Waals surface area (Å²) in [6.07, 6.45) is 5.89. The fourth-order valence-corrected chi connectivity index (χ4v) is 3.25. The first-order chi connectivity index (χ1) is 9.24. The van der Waals surface area contributed by atoms with E-state index in [2.05, 4.69) is 20.9 Å². The first kappa shape index (κ1) is 12.9. The van der Waals surface area contributed by atoms with Crippen molar-refractivity contribution >= 4 is 5.82 Å². The average Bonchev–Trinajstić information content (AvgIpc) is 3.09. The Labute approximate surface area is 115 Å². The highest BCUT2D eigenvalue weighted by atomic mass is 15.3. The third-order valence-corrected chi connectivity index (χ3v) is 4.44. The van der Waals surface area contributed by atoms with Crippen molar-refractivity contribution in [1.82, 2.24) is 9.88 Å². The highest BCUT2D eigenvalue weighted by molar-refractivity contribution is 5.43. The number of nitrogens with zero attached hydrogens (tertiary/aromatic N) is 3. The minimum Gasteiger partial charge on any atom is -0.355 e. The molecule has 104 valence electrons. The van der Waals surface area contributed by atoms with Gasteiger partial charge in [-0.15, -0.1) is 0 Å². The number of anilines is 1. The molecule has 1 unspecified atom stereocenters. The van der Waals surface area contributed by atoms with Gasteiger partial charge in [0.15, 0.2) is 0 Å². The van der Waals surface area contributed by atoms with Gasteiger partial charge in [0.1, 0.15) is 5.82 Å². The van der Waals surface area contributed by atoms with Crippen molar-refractivity contribution in [2.75, 3.05) is 31.1 Å². The Morgan fingerprint density at radius 3 is 2.84 bits per heavy atom. The van der Waals surface area contributed by atoms with Crippen LogP contribution >= 0.6 is 0 Å². The van der Waals surface area contributed by atoms with Crippen molar-refractivity contribution < 1.29 is 0 Å². The summed E-state index contributed by atoms with van der Waals surface area (Å²) in [4.78, 5) is 9.58. The molecule has 0 aliphatic carbocycles. The van der Waals surface area contributed by atoms with Crippen LogP contribution in [0.25, 0.3) is 0 Å². The lowest BCUT2D eigenvalue weighted by Gasteiger charge is -2.24. The van der Waals surface area contributed by atoms with E-state index in [1.807, 2.05) is 19.2 Å². The van der Waals surface area contributed by atoms with Crippen molar-refractivity contribution in [3.05, 3.63) is 23.9 Å². The van der Waals surface area contributed by atoms with Crippen molar-refractivity contribution in [3.8, 4) is 0 Å². The Balaban J connectivity index is 1.68. The molecule has 2 saturated heterocycles. The van der Waals surface area contributed by atoms with Gasteiger partial charge in [0.05, 0.1) is 0 Å². The van der Waals surface area contributed by atoms with Gasteiger partial charge in [0.25, 0.3) is 0 Å². The van der Waals surface area contributed by atoms with E-state index in [-0.39, 0.29) is 6.04 Å². The van der Waals surface area contributed by atoms with Crippen LogP contribution in [0.15, 0.2) is 18.3 Å². The number of rotatable bonds is 3. The van der Waals surface area contributed by atoms with Crippen LogP contribution in [0.4, 0.5) is 5.82 Å². The molecule has 0 aromatic carbocycles. The van der Waals surface area contributed by atoms with E-state index < -0.39 is 0 Å². The summed E-state index contributed by atoms with van der Waals surface area (Å²) in [5.41, 5.74) is 7.13. The molecule has 0 amide bonds. The van der Waals surface area contributed by atoms with Crippen LogP contribution in [0.5, 0.6) is 0 Å². The van der Waals surface area contributed by atoms with Crippen LogP contribution in [0.2, 0.25) is 0 Å². The van der Waals surface area contributed by atoms with Crippen LogP contribution in [0.1, 0.15) is 37.8 Å². The Morgan fingerprint density at radius 1 is 1.32 bits per heavy atom. The predicted molar refractivity (Wildman–Crippen MR) is 78.3 cm³/mol. The second-order valence-electron chi connectivity index (χ2n) is 5.87. The normalized spacial score (nSPS) is 26.0. The number of likely N-dealkylation sites (tertiary alicyclic amines) is 1. The monoisotopic (exact) mass is 260 g/mol. The van der Waals surface area contributed by atoms with Crippen molar-refractivity contribution in [2.45, 2.75) is 38.3 Å². The zero-order valence-electron chi connectivity index (χ0n) is 11.8. The lowest BCUT2D eigenvalue weighted by Crippen LogP contribution is -2.35. The van der Waals surface area contributed by atoms with Gasteiger partial charge in [0, 0.05) is 31.4 Å². The lowest BCUT2D eigenvalue weighted by molar-refractivity contribution is 0.260. The van der Waals surface area contributed by atoms with Crippen molar-refractivity contribution in [2.24, 2.45) is 5.73 Å². The molecule has 3 heterocycles. The molecule has 4 nitrogen and oxygen atoms in total. The predicted octanol–water partition coefficient (Wildman–Crippen LogP) is 1.78. The Morgan fingerprint density at radius 2 is 2.11 bits per heavy atom. The van der Waals surface area contributed by atoms with Crippen LogP contribution < -0.4 is 10.6 Å². The molecular weight excluding hydrogens is 236 g/mol. The summed E-state index contributed by atoms with van der Waals surface area (Å²) in [5, 5.41) is 0. The Bertz CT molecular complexity index is 426. The van der Waals surface area contributed by atoms with Crippen LogP contribution in [-0.2, 0) is 0 Å². The van der Waals surface area contributed by atoms with Gasteiger partial charge in [-0.3, -0.25) is 4.90 Å². The van der Waals surface area contributed by atoms with E-state index in [9.17, 15) is 0 Å². The quantitative estimate of drug-likeness (QED) is 0.900. The van der Waals surface area contributed by atoms with Crippen molar-refractivity contribution in [1.29, 1.82) is 0 Å². The standard InChI is InChI=1S/C15H24N4/c1-12(16)13-4-6-17-15(10-13)19-9-5-14(11-19)18-7-2-3-8-18/h4,6,10,12,14H,2-3,5,7-9,11,16H2,1H3/t12-,14?/m1/s1.